The minimum Gasteiger partial charge on any atom is -0.329 e. The standard InChI is InChI=1S/C16H32N2/c1-16(2,3)13-6-4-7-14(10-9-13)18-11-5-8-15(18)12-17/h13-15H,4-12,17H2,1-3H3. The first-order valence-electron chi connectivity index (χ1n) is 7.98. The van der Waals surface area contributed by atoms with E-state index in [1.165, 1.54) is 51.5 Å². The van der Waals surface area contributed by atoms with Gasteiger partial charge in [0.1, 0.15) is 0 Å². The van der Waals surface area contributed by atoms with Crippen LogP contribution in [0.15, 0.2) is 0 Å². The maximum atomic E-state index is 5.92. The van der Waals surface area contributed by atoms with Gasteiger partial charge in [-0.15, -0.1) is 0 Å². The molecule has 2 nitrogen and oxygen atoms in total. The largest absolute Gasteiger partial charge is 0.329 e. The van der Waals surface area contributed by atoms with Gasteiger partial charge in [-0.3, -0.25) is 4.90 Å². The molecule has 1 heterocycles. The van der Waals surface area contributed by atoms with E-state index in [0.29, 0.717) is 11.5 Å². The fourth-order valence-electron chi connectivity index (χ4n) is 4.07. The molecule has 0 aromatic rings. The Labute approximate surface area is 113 Å². The van der Waals surface area contributed by atoms with Crippen molar-refractivity contribution in [1.29, 1.82) is 0 Å². The molecule has 2 fully saturated rings. The van der Waals surface area contributed by atoms with E-state index in [2.05, 4.69) is 25.7 Å². The summed E-state index contributed by atoms with van der Waals surface area (Å²) in [6.07, 6.45) is 9.77. The van der Waals surface area contributed by atoms with Crippen LogP contribution in [0, 0.1) is 11.3 Å². The Bertz CT molecular complexity index is 256. The average Bonchev–Trinajstić information content (AvgIpc) is 2.63. The smallest absolute Gasteiger partial charge is 0.0221 e. The number of rotatable bonds is 2. The fourth-order valence-corrected chi connectivity index (χ4v) is 4.07. The Kier molecular flexibility index (Phi) is 4.71. The van der Waals surface area contributed by atoms with Crippen LogP contribution in [0.4, 0.5) is 0 Å². The Morgan fingerprint density at radius 3 is 2.44 bits per heavy atom. The van der Waals surface area contributed by atoms with E-state index in [9.17, 15) is 0 Å². The van der Waals surface area contributed by atoms with Crippen molar-refractivity contribution in [3.63, 3.8) is 0 Å². The van der Waals surface area contributed by atoms with E-state index in [-0.39, 0.29) is 0 Å². The Morgan fingerprint density at radius 2 is 1.78 bits per heavy atom. The Hall–Kier alpha value is -0.0800. The third kappa shape index (κ3) is 3.27. The second-order valence-electron chi connectivity index (χ2n) is 7.49. The van der Waals surface area contributed by atoms with Crippen molar-refractivity contribution in [1.82, 2.24) is 4.90 Å². The summed E-state index contributed by atoms with van der Waals surface area (Å²) < 4.78 is 0. The summed E-state index contributed by atoms with van der Waals surface area (Å²) in [5.41, 5.74) is 6.42. The van der Waals surface area contributed by atoms with E-state index in [1.54, 1.807) is 0 Å². The van der Waals surface area contributed by atoms with Gasteiger partial charge in [0.25, 0.3) is 0 Å². The van der Waals surface area contributed by atoms with E-state index < -0.39 is 0 Å². The van der Waals surface area contributed by atoms with Crippen molar-refractivity contribution in [3.05, 3.63) is 0 Å². The monoisotopic (exact) mass is 252 g/mol. The van der Waals surface area contributed by atoms with Gasteiger partial charge in [0.05, 0.1) is 0 Å². The van der Waals surface area contributed by atoms with Gasteiger partial charge in [0.2, 0.25) is 0 Å². The first kappa shape index (κ1) is 14.3. The van der Waals surface area contributed by atoms with Crippen molar-refractivity contribution >= 4 is 0 Å². The van der Waals surface area contributed by atoms with Gasteiger partial charge in [0.15, 0.2) is 0 Å². The summed E-state index contributed by atoms with van der Waals surface area (Å²) in [5, 5.41) is 0. The molecule has 0 spiro atoms. The van der Waals surface area contributed by atoms with Gasteiger partial charge >= 0.3 is 0 Å². The van der Waals surface area contributed by atoms with Crippen LogP contribution in [0.25, 0.3) is 0 Å². The highest BCUT2D eigenvalue weighted by atomic mass is 15.2. The first-order valence-corrected chi connectivity index (χ1v) is 7.98. The van der Waals surface area contributed by atoms with Gasteiger partial charge < -0.3 is 5.73 Å². The molecule has 1 saturated heterocycles. The van der Waals surface area contributed by atoms with Crippen LogP contribution in [-0.4, -0.2) is 30.1 Å². The highest BCUT2D eigenvalue weighted by Gasteiger charge is 2.33. The van der Waals surface area contributed by atoms with E-state index in [0.717, 1.165) is 18.5 Å². The molecule has 3 unspecified atom stereocenters. The SMILES string of the molecule is CC(C)(C)C1CCCC(N2CCCC2CN)CC1. The van der Waals surface area contributed by atoms with Crippen LogP contribution in [0.2, 0.25) is 0 Å². The molecule has 0 aromatic carbocycles. The van der Waals surface area contributed by atoms with Gasteiger partial charge in [-0.25, -0.2) is 0 Å². The Balaban J connectivity index is 1.92. The summed E-state index contributed by atoms with van der Waals surface area (Å²) in [6, 6.07) is 1.51. The van der Waals surface area contributed by atoms with Gasteiger partial charge in [-0.2, -0.15) is 0 Å². The van der Waals surface area contributed by atoms with Crippen LogP contribution >= 0.6 is 0 Å². The fraction of sp³-hybridized carbons (Fsp3) is 1.00. The lowest BCUT2D eigenvalue weighted by Gasteiger charge is -2.33. The predicted molar refractivity (Wildman–Crippen MR) is 78.6 cm³/mol. The summed E-state index contributed by atoms with van der Waals surface area (Å²) in [5.74, 6) is 0.918. The molecule has 1 aliphatic heterocycles. The molecule has 0 amide bonds. The normalized spacial score (nSPS) is 35.7. The third-order valence-corrected chi connectivity index (χ3v) is 5.33. The van der Waals surface area contributed by atoms with Crippen molar-refractivity contribution < 1.29 is 0 Å². The number of nitrogens with zero attached hydrogens (tertiary/aromatic N) is 1. The lowest BCUT2D eigenvalue weighted by molar-refractivity contribution is 0.159. The lowest BCUT2D eigenvalue weighted by Crippen LogP contribution is -2.42. The van der Waals surface area contributed by atoms with Gasteiger partial charge in [0, 0.05) is 18.6 Å². The van der Waals surface area contributed by atoms with E-state index >= 15 is 0 Å². The highest BCUT2D eigenvalue weighted by molar-refractivity contribution is 4.88. The van der Waals surface area contributed by atoms with Crippen molar-refractivity contribution in [2.24, 2.45) is 17.1 Å². The van der Waals surface area contributed by atoms with E-state index in [1.807, 2.05) is 0 Å². The second-order valence-corrected chi connectivity index (χ2v) is 7.49. The number of likely N-dealkylation sites (tertiary alicyclic amines) is 1. The zero-order valence-electron chi connectivity index (χ0n) is 12.6. The van der Waals surface area contributed by atoms with Crippen molar-refractivity contribution in [2.45, 2.75) is 77.8 Å². The van der Waals surface area contributed by atoms with Crippen LogP contribution in [0.3, 0.4) is 0 Å². The average molecular weight is 252 g/mol. The quantitative estimate of drug-likeness (QED) is 0.763. The minimum atomic E-state index is 0.493. The Morgan fingerprint density at radius 1 is 1.00 bits per heavy atom. The lowest BCUT2D eigenvalue weighted by atomic mass is 9.76. The number of nitrogens with two attached hydrogens (primary N) is 1. The van der Waals surface area contributed by atoms with Crippen molar-refractivity contribution in [3.8, 4) is 0 Å². The molecule has 2 aliphatic rings. The molecule has 1 saturated carbocycles. The summed E-state index contributed by atoms with van der Waals surface area (Å²) in [4.78, 5) is 2.74. The minimum absolute atomic E-state index is 0.493. The van der Waals surface area contributed by atoms with Crippen LogP contribution in [0.5, 0.6) is 0 Å². The molecule has 3 atom stereocenters. The maximum absolute atomic E-state index is 5.92. The van der Waals surface area contributed by atoms with E-state index in [4.69, 9.17) is 5.73 Å². The molecule has 18 heavy (non-hydrogen) atoms. The second kappa shape index (κ2) is 5.92. The number of hydrogen-bond acceptors (Lipinski definition) is 2. The summed E-state index contributed by atoms with van der Waals surface area (Å²) in [6.45, 7) is 9.40. The zero-order chi connectivity index (χ0) is 13.2. The molecule has 1 aliphatic carbocycles. The van der Waals surface area contributed by atoms with Gasteiger partial charge in [-0.1, -0.05) is 27.2 Å². The zero-order valence-corrected chi connectivity index (χ0v) is 12.6. The summed E-state index contributed by atoms with van der Waals surface area (Å²) >= 11 is 0. The topological polar surface area (TPSA) is 29.3 Å². The molecule has 0 bridgehead atoms. The molecular formula is C16H32N2. The third-order valence-electron chi connectivity index (χ3n) is 5.33. The molecule has 2 N–H and O–H groups in total. The molecule has 106 valence electrons. The van der Waals surface area contributed by atoms with Crippen molar-refractivity contribution in [2.75, 3.05) is 13.1 Å². The molecule has 2 heteroatoms. The molecule has 0 radical (unpaired) electrons. The predicted octanol–water partition coefficient (Wildman–Crippen LogP) is 3.40. The van der Waals surface area contributed by atoms with Crippen LogP contribution in [-0.2, 0) is 0 Å². The summed E-state index contributed by atoms with van der Waals surface area (Å²) in [7, 11) is 0. The highest BCUT2D eigenvalue weighted by Crippen LogP contribution is 2.38. The van der Waals surface area contributed by atoms with Crippen LogP contribution in [0.1, 0.15) is 65.7 Å². The number of hydrogen-bond donors (Lipinski definition) is 1. The molecular weight excluding hydrogens is 220 g/mol. The molecule has 2 rings (SSSR count). The molecule has 0 aromatic heterocycles. The van der Waals surface area contributed by atoms with Crippen LogP contribution < -0.4 is 5.73 Å². The maximum Gasteiger partial charge on any atom is 0.0221 e. The first-order chi connectivity index (χ1) is 8.52. The van der Waals surface area contributed by atoms with Gasteiger partial charge in [-0.05, 0) is 56.4 Å².